The number of furan rings is 3. The predicted octanol–water partition coefficient (Wildman–Crippen LogP) is 24.8. The summed E-state index contributed by atoms with van der Waals surface area (Å²) in [5.74, 6) is 0.165. The molecule has 0 saturated carbocycles. The zero-order chi connectivity index (χ0) is 65.0. The van der Waals surface area contributed by atoms with E-state index in [0.29, 0.717) is 0 Å². The minimum atomic E-state index is -0.294. The Hall–Kier alpha value is -9.96. The van der Waals surface area contributed by atoms with Crippen molar-refractivity contribution in [2.75, 3.05) is 0 Å². The topological polar surface area (TPSA) is 39.4 Å². The molecule has 96 heavy (non-hydrogen) atoms. The SMILES string of the molecule is CC1(C)c2cc(CC(Cc3ccc4c(c3)C(C)(C)c3c5c(c6oc7ccccc7c6c3-4)-c3ccccc3C5(C)C)c3ccc4c(c3)C(C)(C)c3cc5c(cc3-4)C(C)(C)c3ccc4oc6ccccc6c4c3-5)ccc2-c2cc3c(cc21)-c1c(ccc2oc4ccccc4c12)C3(C)C. The van der Waals surface area contributed by atoms with Gasteiger partial charge >= 0.3 is 0 Å². The third-order valence-electron chi connectivity index (χ3n) is 25.4. The molecule has 21 rings (SSSR count). The average molecular weight is 1240 g/mol. The summed E-state index contributed by atoms with van der Waals surface area (Å²) in [5.41, 5.74) is 41.4. The van der Waals surface area contributed by atoms with E-state index < -0.39 is 0 Å². The van der Waals surface area contributed by atoms with E-state index in [0.717, 1.165) is 46.3 Å². The zero-order valence-corrected chi connectivity index (χ0v) is 56.8. The van der Waals surface area contributed by atoms with Crippen LogP contribution in [0, 0.1) is 0 Å². The highest BCUT2D eigenvalue weighted by atomic mass is 16.3. The Morgan fingerprint density at radius 2 is 0.656 bits per heavy atom. The fourth-order valence-electron chi connectivity index (χ4n) is 20.6. The maximum absolute atomic E-state index is 7.09. The number of hydrogen-bond donors (Lipinski definition) is 0. The largest absolute Gasteiger partial charge is 0.456 e. The summed E-state index contributed by atoms with van der Waals surface area (Å²) in [5, 5.41) is 7.27. The fourth-order valence-corrected chi connectivity index (χ4v) is 20.6. The van der Waals surface area contributed by atoms with E-state index in [1.165, 1.54) is 183 Å². The Labute approximate surface area is 560 Å². The van der Waals surface area contributed by atoms with Crippen molar-refractivity contribution in [1.29, 1.82) is 0 Å². The van der Waals surface area contributed by atoms with Crippen molar-refractivity contribution in [3.63, 3.8) is 0 Å². The highest BCUT2D eigenvalue weighted by Crippen LogP contribution is 2.65. The Kier molecular flexibility index (Phi) is 10.2. The quantitative estimate of drug-likeness (QED) is 0.172. The molecule has 6 aliphatic carbocycles. The molecule has 0 N–H and O–H groups in total. The van der Waals surface area contributed by atoms with Crippen LogP contribution < -0.4 is 0 Å². The lowest BCUT2D eigenvalue weighted by molar-refractivity contribution is 0.598. The Morgan fingerprint density at radius 3 is 1.22 bits per heavy atom. The average Bonchev–Trinajstić information content (AvgIpc) is 1.51. The number of rotatable bonds is 5. The van der Waals surface area contributed by atoms with Crippen molar-refractivity contribution < 1.29 is 13.3 Å². The molecule has 464 valence electrons. The summed E-state index contributed by atoms with van der Waals surface area (Å²) >= 11 is 0. The van der Waals surface area contributed by atoms with Crippen LogP contribution in [-0.2, 0) is 45.3 Å². The smallest absolute Gasteiger partial charge is 0.144 e. The first-order valence-corrected chi connectivity index (χ1v) is 34.9. The van der Waals surface area contributed by atoms with Gasteiger partial charge in [0.05, 0.1) is 0 Å². The molecule has 0 bridgehead atoms. The summed E-state index contributed by atoms with van der Waals surface area (Å²) < 4.78 is 20.2. The molecular weight excluding hydrogens is 1170 g/mol. The van der Waals surface area contributed by atoms with Crippen LogP contribution in [0.3, 0.4) is 0 Å². The van der Waals surface area contributed by atoms with Gasteiger partial charge in [0.15, 0.2) is 0 Å². The number of benzene rings is 12. The van der Waals surface area contributed by atoms with E-state index in [2.05, 4.69) is 283 Å². The second-order valence-corrected chi connectivity index (χ2v) is 32.6. The fraction of sp³-hybridized carbons (Fsp3) is 0.226. The van der Waals surface area contributed by atoms with E-state index >= 15 is 0 Å². The molecular formula is C93H74O3. The van der Waals surface area contributed by atoms with Crippen LogP contribution in [0.5, 0.6) is 0 Å². The molecule has 1 atom stereocenters. The van der Waals surface area contributed by atoms with Gasteiger partial charge in [-0.05, 0) is 218 Å². The van der Waals surface area contributed by atoms with Crippen molar-refractivity contribution in [2.45, 2.75) is 134 Å². The Morgan fingerprint density at radius 1 is 0.260 bits per heavy atom. The molecule has 0 radical (unpaired) electrons. The summed E-state index contributed by atoms with van der Waals surface area (Å²) in [6, 6.07) is 77.1. The first kappa shape index (κ1) is 55.3. The van der Waals surface area contributed by atoms with Gasteiger partial charge in [-0.3, -0.25) is 0 Å². The standard InChI is InChI=1S/C93H74O3/c1-88(2)64-35-37-76-80(56-22-14-18-26-73(56)94-76)78(64)61-46-69-59(44-71(61)88)52-32-29-48(41-66(52)90(69,5)6)39-51(50-31-34-53-60-45-72-62(47-70(60)91(7,8)68(53)43-50)79-65(89(72,3)4)36-38-77-81(79)57-23-15-19-27-74(57)95-77)40-49-30-33-55-67(42-49)93(11,12)85-82(55)83-58-24-16-20-28-75(58)96-87(83)84-54-21-13-17-25-63(54)92(9,10)86(84)85/h13-38,41-47,51H,39-40H2,1-12H3. The van der Waals surface area contributed by atoms with Crippen LogP contribution in [0.1, 0.15) is 172 Å². The van der Waals surface area contributed by atoms with Gasteiger partial charge in [0.2, 0.25) is 0 Å². The molecule has 3 heteroatoms. The Balaban J connectivity index is 0.708. The Bertz CT molecular complexity index is 6150. The molecule has 3 aromatic heterocycles. The first-order valence-electron chi connectivity index (χ1n) is 34.9. The summed E-state index contributed by atoms with van der Waals surface area (Å²) in [4.78, 5) is 0. The number of fused-ring (bicyclic) bond motifs is 32. The summed E-state index contributed by atoms with van der Waals surface area (Å²) in [6.07, 6.45) is 1.78. The molecule has 0 aliphatic heterocycles. The molecule has 6 aliphatic rings. The third-order valence-corrected chi connectivity index (χ3v) is 25.4. The molecule has 0 saturated heterocycles. The van der Waals surface area contributed by atoms with E-state index in [9.17, 15) is 0 Å². The van der Waals surface area contributed by atoms with Crippen LogP contribution in [0.4, 0.5) is 0 Å². The van der Waals surface area contributed by atoms with Crippen molar-refractivity contribution in [1.82, 2.24) is 0 Å². The minimum absolute atomic E-state index is 0.165. The van der Waals surface area contributed by atoms with Gasteiger partial charge in [0, 0.05) is 70.4 Å². The first-order chi connectivity index (χ1) is 46.1. The zero-order valence-electron chi connectivity index (χ0n) is 56.8. The van der Waals surface area contributed by atoms with E-state index in [-0.39, 0.29) is 38.4 Å². The van der Waals surface area contributed by atoms with Crippen LogP contribution in [-0.4, -0.2) is 0 Å². The second kappa shape index (κ2) is 17.7. The maximum atomic E-state index is 7.09. The number of hydrogen-bond acceptors (Lipinski definition) is 3. The summed E-state index contributed by atoms with van der Waals surface area (Å²) in [6.45, 7) is 29.4. The molecule has 12 aromatic carbocycles. The van der Waals surface area contributed by atoms with Crippen molar-refractivity contribution in [2.24, 2.45) is 0 Å². The van der Waals surface area contributed by atoms with Crippen molar-refractivity contribution in [3.05, 3.63) is 284 Å². The summed E-state index contributed by atoms with van der Waals surface area (Å²) in [7, 11) is 0. The van der Waals surface area contributed by atoms with Gasteiger partial charge in [-0.2, -0.15) is 0 Å². The van der Waals surface area contributed by atoms with Crippen molar-refractivity contribution in [3.8, 4) is 66.8 Å². The number of para-hydroxylation sites is 3. The lowest BCUT2D eigenvalue weighted by Crippen LogP contribution is -2.24. The minimum Gasteiger partial charge on any atom is -0.456 e. The van der Waals surface area contributed by atoms with E-state index in [4.69, 9.17) is 13.3 Å². The normalized spacial score (nSPS) is 17.5. The second-order valence-electron chi connectivity index (χ2n) is 32.6. The lowest BCUT2D eigenvalue weighted by Gasteiger charge is -2.31. The highest BCUT2D eigenvalue weighted by Gasteiger charge is 2.50. The van der Waals surface area contributed by atoms with Gasteiger partial charge in [0.1, 0.15) is 33.5 Å². The predicted molar refractivity (Wildman–Crippen MR) is 397 cm³/mol. The highest BCUT2D eigenvalue weighted by molar-refractivity contribution is 6.21. The van der Waals surface area contributed by atoms with Crippen LogP contribution >= 0.6 is 0 Å². The third kappa shape index (κ3) is 6.66. The molecule has 0 fully saturated rings. The van der Waals surface area contributed by atoms with Gasteiger partial charge < -0.3 is 13.3 Å². The molecule has 15 aromatic rings. The van der Waals surface area contributed by atoms with Crippen molar-refractivity contribution >= 4 is 65.8 Å². The van der Waals surface area contributed by atoms with Gasteiger partial charge in [-0.15, -0.1) is 0 Å². The molecule has 0 amide bonds. The van der Waals surface area contributed by atoms with Gasteiger partial charge in [-0.25, -0.2) is 0 Å². The van der Waals surface area contributed by atoms with Crippen LogP contribution in [0.25, 0.3) is 133 Å². The lowest BCUT2D eigenvalue weighted by atomic mass is 9.72. The maximum Gasteiger partial charge on any atom is 0.144 e. The van der Waals surface area contributed by atoms with Gasteiger partial charge in [-0.1, -0.05) is 229 Å². The van der Waals surface area contributed by atoms with Crippen LogP contribution in [0.2, 0.25) is 0 Å². The van der Waals surface area contributed by atoms with Gasteiger partial charge in [0.25, 0.3) is 0 Å². The van der Waals surface area contributed by atoms with Crippen LogP contribution in [0.15, 0.2) is 213 Å². The molecule has 3 nitrogen and oxygen atoms in total. The molecule has 0 spiro atoms. The monoisotopic (exact) mass is 1240 g/mol. The van der Waals surface area contributed by atoms with E-state index in [1.54, 1.807) is 0 Å². The molecule has 3 heterocycles. The van der Waals surface area contributed by atoms with E-state index in [1.807, 2.05) is 0 Å². The molecule has 1 unspecified atom stereocenters.